The Morgan fingerprint density at radius 1 is 1.19 bits per heavy atom. The number of benzene rings is 2. The summed E-state index contributed by atoms with van der Waals surface area (Å²) in [5, 5.41) is 10.2. The summed E-state index contributed by atoms with van der Waals surface area (Å²) in [5.74, 6) is -0.128. The minimum atomic E-state index is -0.764. The minimum absolute atomic E-state index is 0.167. The lowest BCUT2D eigenvalue weighted by molar-refractivity contribution is 0.147. The van der Waals surface area contributed by atoms with Gasteiger partial charge < -0.3 is 9.84 Å². The van der Waals surface area contributed by atoms with Crippen LogP contribution in [0.3, 0.4) is 0 Å². The molecule has 4 heteroatoms. The monoisotopic (exact) mass is 350 g/mol. The number of halogens is 2. The van der Waals surface area contributed by atoms with Gasteiger partial charge in [-0.1, -0.05) is 46.3 Å². The van der Waals surface area contributed by atoms with E-state index in [1.165, 1.54) is 0 Å². The second-order valence-corrected chi connectivity index (χ2v) is 6.18. The first-order chi connectivity index (χ1) is 10.2. The maximum absolute atomic E-state index is 14.6. The predicted octanol–water partition coefficient (Wildman–Crippen LogP) is 4.61. The van der Waals surface area contributed by atoms with Crippen LogP contribution >= 0.6 is 15.9 Å². The van der Waals surface area contributed by atoms with Gasteiger partial charge in [-0.25, -0.2) is 4.39 Å². The Labute approximate surface area is 131 Å². The quantitative estimate of drug-likeness (QED) is 0.852. The Hall–Kier alpha value is -1.39. The summed E-state index contributed by atoms with van der Waals surface area (Å²) >= 11 is 3.32. The van der Waals surface area contributed by atoms with E-state index in [-0.39, 0.29) is 11.7 Å². The van der Waals surface area contributed by atoms with Gasteiger partial charge in [0.05, 0.1) is 6.10 Å². The van der Waals surface area contributed by atoms with Gasteiger partial charge in [-0.15, -0.1) is 0 Å². The van der Waals surface area contributed by atoms with E-state index in [0.29, 0.717) is 16.6 Å². The van der Waals surface area contributed by atoms with E-state index in [4.69, 9.17) is 4.74 Å². The van der Waals surface area contributed by atoms with Crippen LogP contribution in [0.15, 0.2) is 46.9 Å². The van der Waals surface area contributed by atoms with Crippen molar-refractivity contribution in [1.29, 1.82) is 0 Å². The largest absolute Gasteiger partial charge is 0.486 e. The molecule has 0 bridgehead atoms. The van der Waals surface area contributed by atoms with Crippen LogP contribution in [0.25, 0.3) is 0 Å². The third kappa shape index (κ3) is 3.27. The smallest absolute Gasteiger partial charge is 0.172 e. The Bertz CT molecular complexity index is 626. The molecule has 2 aromatic rings. The summed E-state index contributed by atoms with van der Waals surface area (Å²) in [7, 11) is 0. The van der Waals surface area contributed by atoms with Crippen LogP contribution < -0.4 is 4.74 Å². The molecule has 1 saturated carbocycles. The van der Waals surface area contributed by atoms with Crippen molar-refractivity contribution in [3.63, 3.8) is 0 Å². The topological polar surface area (TPSA) is 29.5 Å². The van der Waals surface area contributed by atoms with E-state index in [2.05, 4.69) is 15.9 Å². The van der Waals surface area contributed by atoms with E-state index in [1.54, 1.807) is 12.1 Å². The molecule has 21 heavy (non-hydrogen) atoms. The van der Waals surface area contributed by atoms with Crippen LogP contribution in [0, 0.1) is 11.7 Å². The van der Waals surface area contributed by atoms with Gasteiger partial charge in [-0.3, -0.25) is 0 Å². The highest BCUT2D eigenvalue weighted by molar-refractivity contribution is 9.10. The van der Waals surface area contributed by atoms with Crippen LogP contribution in [0.5, 0.6) is 5.75 Å². The van der Waals surface area contributed by atoms with Crippen molar-refractivity contribution in [1.82, 2.24) is 0 Å². The van der Waals surface area contributed by atoms with Crippen molar-refractivity contribution in [2.24, 2.45) is 5.92 Å². The summed E-state index contributed by atoms with van der Waals surface area (Å²) < 4.78 is 20.7. The summed E-state index contributed by atoms with van der Waals surface area (Å²) in [6.07, 6.45) is 1.13. The zero-order chi connectivity index (χ0) is 14.8. The second kappa shape index (κ2) is 6.16. The van der Waals surface area contributed by atoms with Crippen molar-refractivity contribution < 1.29 is 14.2 Å². The third-order valence-corrected chi connectivity index (χ3v) is 4.38. The molecule has 1 aliphatic rings. The molecular weight excluding hydrogens is 335 g/mol. The molecule has 0 aliphatic heterocycles. The molecule has 1 N–H and O–H groups in total. The molecule has 110 valence electrons. The Morgan fingerprint density at radius 2 is 1.90 bits per heavy atom. The lowest BCUT2D eigenvalue weighted by atomic mass is 10.0. The number of ether oxygens (including phenoxy) is 1. The molecule has 2 aromatic carbocycles. The van der Waals surface area contributed by atoms with Gasteiger partial charge in [-0.05, 0) is 36.5 Å². The van der Waals surface area contributed by atoms with Gasteiger partial charge in [0.2, 0.25) is 0 Å². The second-order valence-electron chi connectivity index (χ2n) is 5.33. The van der Waals surface area contributed by atoms with Crippen molar-refractivity contribution >= 4 is 15.9 Å². The molecule has 0 aromatic heterocycles. The van der Waals surface area contributed by atoms with Gasteiger partial charge in [-0.2, -0.15) is 0 Å². The fourth-order valence-corrected chi connectivity index (χ4v) is 2.86. The highest BCUT2D eigenvalue weighted by Gasteiger charge is 2.34. The van der Waals surface area contributed by atoms with Crippen LogP contribution in [0.1, 0.15) is 30.1 Å². The zero-order valence-corrected chi connectivity index (χ0v) is 13.0. The number of rotatable bonds is 5. The van der Waals surface area contributed by atoms with Crippen LogP contribution in [-0.4, -0.2) is 5.11 Å². The number of hydrogen-bond donors (Lipinski definition) is 1. The van der Waals surface area contributed by atoms with Crippen molar-refractivity contribution in [2.45, 2.75) is 25.6 Å². The Kier molecular flexibility index (Phi) is 4.27. The SMILES string of the molecule is OC(c1c(Br)ccc(OCc2ccccc2)c1F)C1CC1. The molecule has 1 unspecified atom stereocenters. The molecule has 0 amide bonds. The standard InChI is InChI=1S/C17H16BrFO2/c18-13-8-9-14(21-10-11-4-2-1-3-5-11)16(19)15(13)17(20)12-6-7-12/h1-5,8-9,12,17,20H,6-7,10H2. The molecule has 0 radical (unpaired) electrons. The molecule has 3 rings (SSSR count). The van der Waals surface area contributed by atoms with Gasteiger partial charge >= 0.3 is 0 Å². The van der Waals surface area contributed by atoms with Crippen molar-refractivity contribution in [3.05, 3.63) is 63.9 Å². The molecule has 0 saturated heterocycles. The van der Waals surface area contributed by atoms with Crippen molar-refractivity contribution in [3.8, 4) is 5.75 Å². The van der Waals surface area contributed by atoms with E-state index < -0.39 is 11.9 Å². The van der Waals surface area contributed by atoms with Crippen LogP contribution in [-0.2, 0) is 6.61 Å². The van der Waals surface area contributed by atoms with E-state index in [1.807, 2.05) is 30.3 Å². The fourth-order valence-electron chi connectivity index (χ4n) is 2.31. The first-order valence-corrected chi connectivity index (χ1v) is 7.79. The number of aliphatic hydroxyl groups is 1. The van der Waals surface area contributed by atoms with Gasteiger partial charge in [0.15, 0.2) is 11.6 Å². The van der Waals surface area contributed by atoms with Gasteiger partial charge in [0, 0.05) is 10.0 Å². The Morgan fingerprint density at radius 3 is 2.57 bits per heavy atom. The van der Waals surface area contributed by atoms with E-state index in [9.17, 15) is 9.50 Å². The molecule has 0 heterocycles. The molecular formula is C17H16BrFO2. The van der Waals surface area contributed by atoms with E-state index >= 15 is 0 Å². The molecule has 2 nitrogen and oxygen atoms in total. The molecule has 1 fully saturated rings. The maximum atomic E-state index is 14.6. The number of hydrogen-bond acceptors (Lipinski definition) is 2. The Balaban J connectivity index is 1.81. The zero-order valence-electron chi connectivity index (χ0n) is 11.4. The lowest BCUT2D eigenvalue weighted by Crippen LogP contribution is -2.06. The summed E-state index contributed by atoms with van der Waals surface area (Å²) in [6.45, 7) is 0.304. The normalized spacial score (nSPS) is 15.8. The van der Waals surface area contributed by atoms with Crippen LogP contribution in [0.4, 0.5) is 4.39 Å². The van der Waals surface area contributed by atoms with Crippen molar-refractivity contribution in [2.75, 3.05) is 0 Å². The molecule has 1 atom stereocenters. The molecule has 0 spiro atoms. The average molecular weight is 351 g/mol. The predicted molar refractivity (Wildman–Crippen MR) is 82.6 cm³/mol. The van der Waals surface area contributed by atoms with Gasteiger partial charge in [0.25, 0.3) is 0 Å². The highest BCUT2D eigenvalue weighted by Crippen LogP contribution is 2.45. The maximum Gasteiger partial charge on any atom is 0.172 e. The first-order valence-electron chi connectivity index (χ1n) is 6.99. The first kappa shape index (κ1) is 14.5. The fraction of sp³-hybridized carbons (Fsp3) is 0.294. The molecule has 1 aliphatic carbocycles. The minimum Gasteiger partial charge on any atom is -0.486 e. The highest BCUT2D eigenvalue weighted by atomic mass is 79.9. The lowest BCUT2D eigenvalue weighted by Gasteiger charge is -2.16. The van der Waals surface area contributed by atoms with Crippen LogP contribution in [0.2, 0.25) is 0 Å². The third-order valence-electron chi connectivity index (χ3n) is 3.69. The number of aliphatic hydroxyl groups excluding tert-OH is 1. The summed E-state index contributed by atoms with van der Waals surface area (Å²) in [6, 6.07) is 12.9. The average Bonchev–Trinajstić information content (AvgIpc) is 3.32. The summed E-state index contributed by atoms with van der Waals surface area (Å²) in [5.41, 5.74) is 1.28. The summed E-state index contributed by atoms with van der Waals surface area (Å²) in [4.78, 5) is 0. The van der Waals surface area contributed by atoms with E-state index in [0.717, 1.165) is 18.4 Å². The van der Waals surface area contributed by atoms with Gasteiger partial charge in [0.1, 0.15) is 6.61 Å².